The van der Waals surface area contributed by atoms with Gasteiger partial charge in [-0.15, -0.1) is 0 Å². The van der Waals surface area contributed by atoms with Gasteiger partial charge in [-0.05, 0) is 51.3 Å². The van der Waals surface area contributed by atoms with Crippen molar-refractivity contribution in [3.8, 4) is 0 Å². The summed E-state index contributed by atoms with van der Waals surface area (Å²) in [6.45, 7) is 7.32. The lowest BCUT2D eigenvalue weighted by Crippen LogP contribution is -2.21. The van der Waals surface area contributed by atoms with E-state index in [1.165, 1.54) is 0 Å². The highest BCUT2D eigenvalue weighted by Crippen LogP contribution is 2.17. The normalized spacial score (nSPS) is 16.7. The Morgan fingerprint density at radius 3 is 2.80 bits per heavy atom. The summed E-state index contributed by atoms with van der Waals surface area (Å²) < 4.78 is 5.59. The number of hydrogen-bond acceptors (Lipinski definition) is 5. The average molecular weight is 340 g/mol. The van der Waals surface area contributed by atoms with Crippen LogP contribution in [-0.2, 0) is 4.74 Å². The first-order valence-electron chi connectivity index (χ1n) is 8.61. The molecule has 1 aromatic heterocycles. The van der Waals surface area contributed by atoms with Crippen LogP contribution in [0.25, 0.3) is 0 Å². The number of carbonyl (C=O) groups excluding carboxylic acids is 1. The predicted molar refractivity (Wildman–Crippen MR) is 98.1 cm³/mol. The van der Waals surface area contributed by atoms with Crippen LogP contribution in [-0.4, -0.2) is 35.1 Å². The molecule has 1 unspecified atom stereocenters. The number of carbonyl (C=O) groups is 1. The molecule has 0 radical (unpaired) electrons. The molecule has 2 heterocycles. The highest BCUT2D eigenvalue weighted by molar-refractivity contribution is 6.03. The number of ether oxygens (including phenoxy) is 1. The predicted octanol–water partition coefficient (Wildman–Crippen LogP) is 3.25. The summed E-state index contributed by atoms with van der Waals surface area (Å²) in [5.74, 6) is 0.221. The van der Waals surface area contributed by atoms with Gasteiger partial charge in [0.1, 0.15) is 5.69 Å². The first-order chi connectivity index (χ1) is 12.0. The van der Waals surface area contributed by atoms with Crippen LogP contribution in [0, 0.1) is 20.8 Å². The second kappa shape index (κ2) is 7.61. The minimum atomic E-state index is -0.238. The van der Waals surface area contributed by atoms with Crippen molar-refractivity contribution in [3.05, 3.63) is 46.8 Å². The molecular formula is C19H24N4O2. The minimum Gasteiger partial charge on any atom is -0.376 e. The zero-order valence-corrected chi connectivity index (χ0v) is 14.9. The number of anilines is 2. The van der Waals surface area contributed by atoms with Gasteiger partial charge >= 0.3 is 0 Å². The first kappa shape index (κ1) is 17.4. The summed E-state index contributed by atoms with van der Waals surface area (Å²) in [4.78, 5) is 21.3. The Morgan fingerprint density at radius 1 is 1.24 bits per heavy atom. The van der Waals surface area contributed by atoms with Gasteiger partial charge in [-0.3, -0.25) is 4.79 Å². The summed E-state index contributed by atoms with van der Waals surface area (Å²) in [6.07, 6.45) is 2.32. The van der Waals surface area contributed by atoms with Gasteiger partial charge in [0.2, 0.25) is 5.95 Å². The maximum absolute atomic E-state index is 12.6. The summed E-state index contributed by atoms with van der Waals surface area (Å²) in [5.41, 5.74) is 4.07. The average Bonchev–Trinajstić information content (AvgIpc) is 3.08. The molecule has 1 aromatic carbocycles. The van der Waals surface area contributed by atoms with Gasteiger partial charge in [-0.1, -0.05) is 17.7 Å². The van der Waals surface area contributed by atoms with E-state index in [9.17, 15) is 4.79 Å². The Kier molecular flexibility index (Phi) is 5.28. The minimum absolute atomic E-state index is 0.191. The molecule has 1 saturated heterocycles. The Balaban J connectivity index is 1.70. The Hall–Kier alpha value is -2.47. The van der Waals surface area contributed by atoms with E-state index in [1.54, 1.807) is 6.07 Å². The fourth-order valence-corrected chi connectivity index (χ4v) is 2.91. The van der Waals surface area contributed by atoms with Crippen LogP contribution in [0.15, 0.2) is 24.3 Å². The molecule has 0 saturated carbocycles. The lowest BCUT2D eigenvalue weighted by molar-refractivity contribution is 0.102. The van der Waals surface area contributed by atoms with E-state index in [0.29, 0.717) is 18.2 Å². The zero-order chi connectivity index (χ0) is 17.8. The molecular weight excluding hydrogens is 316 g/mol. The molecule has 3 rings (SSSR count). The van der Waals surface area contributed by atoms with E-state index in [-0.39, 0.29) is 12.0 Å². The lowest BCUT2D eigenvalue weighted by atomic mass is 10.1. The zero-order valence-electron chi connectivity index (χ0n) is 14.9. The van der Waals surface area contributed by atoms with Crippen molar-refractivity contribution in [2.45, 2.75) is 39.7 Å². The van der Waals surface area contributed by atoms with E-state index >= 15 is 0 Å². The van der Waals surface area contributed by atoms with Gasteiger partial charge in [0.05, 0.1) is 6.10 Å². The van der Waals surface area contributed by atoms with Crippen molar-refractivity contribution in [1.82, 2.24) is 9.97 Å². The highest BCUT2D eigenvalue weighted by atomic mass is 16.5. The second-order valence-electron chi connectivity index (χ2n) is 6.51. The van der Waals surface area contributed by atoms with Gasteiger partial charge in [-0.2, -0.15) is 0 Å². The molecule has 132 valence electrons. The number of amides is 1. The molecule has 1 fully saturated rings. The summed E-state index contributed by atoms with van der Waals surface area (Å²) in [6, 6.07) is 7.61. The van der Waals surface area contributed by atoms with E-state index in [4.69, 9.17) is 4.74 Å². The molecule has 0 spiro atoms. The van der Waals surface area contributed by atoms with Crippen LogP contribution in [0.5, 0.6) is 0 Å². The Labute approximate surface area is 148 Å². The number of nitrogens with one attached hydrogen (secondary N) is 2. The van der Waals surface area contributed by atoms with Crippen molar-refractivity contribution < 1.29 is 9.53 Å². The number of hydrogen-bond donors (Lipinski definition) is 2. The third-order valence-electron chi connectivity index (χ3n) is 4.23. The fraction of sp³-hybridized carbons (Fsp3) is 0.421. The van der Waals surface area contributed by atoms with Crippen molar-refractivity contribution >= 4 is 17.5 Å². The molecule has 1 atom stereocenters. The first-order valence-corrected chi connectivity index (χ1v) is 8.61. The Bertz CT molecular complexity index is 770. The van der Waals surface area contributed by atoms with Crippen molar-refractivity contribution in [1.29, 1.82) is 0 Å². The van der Waals surface area contributed by atoms with Gasteiger partial charge in [0.15, 0.2) is 0 Å². The number of nitrogens with zero attached hydrogens (tertiary/aromatic N) is 2. The van der Waals surface area contributed by atoms with Crippen molar-refractivity contribution in [2.75, 3.05) is 23.8 Å². The Morgan fingerprint density at radius 2 is 2.08 bits per heavy atom. The quantitative estimate of drug-likeness (QED) is 0.874. The third-order valence-corrected chi connectivity index (χ3v) is 4.23. The second-order valence-corrected chi connectivity index (χ2v) is 6.51. The third kappa shape index (κ3) is 4.54. The number of aromatic nitrogens is 2. The van der Waals surface area contributed by atoms with Crippen LogP contribution in [0.1, 0.15) is 40.2 Å². The van der Waals surface area contributed by atoms with Crippen molar-refractivity contribution in [2.24, 2.45) is 0 Å². The molecule has 2 aromatic rings. The maximum atomic E-state index is 12.6. The molecule has 1 aliphatic heterocycles. The van der Waals surface area contributed by atoms with Crippen LogP contribution < -0.4 is 10.6 Å². The number of aryl methyl sites for hydroxylation is 3. The van der Waals surface area contributed by atoms with E-state index in [2.05, 4.69) is 20.6 Å². The maximum Gasteiger partial charge on any atom is 0.274 e. The number of rotatable bonds is 5. The SMILES string of the molecule is Cc1ccc(NC(=O)c2cc(C)nc(NCC3CCCO3)n2)c(C)c1. The lowest BCUT2D eigenvalue weighted by Gasteiger charge is -2.12. The molecule has 1 aliphatic rings. The van der Waals surface area contributed by atoms with E-state index in [1.807, 2.05) is 39.0 Å². The van der Waals surface area contributed by atoms with Gasteiger partial charge in [0, 0.05) is 24.5 Å². The molecule has 6 nitrogen and oxygen atoms in total. The molecule has 6 heteroatoms. The summed E-state index contributed by atoms with van der Waals surface area (Å²) in [7, 11) is 0. The highest BCUT2D eigenvalue weighted by Gasteiger charge is 2.16. The van der Waals surface area contributed by atoms with Crippen LogP contribution in [0.2, 0.25) is 0 Å². The summed E-state index contributed by atoms with van der Waals surface area (Å²) in [5, 5.41) is 6.10. The molecule has 25 heavy (non-hydrogen) atoms. The van der Waals surface area contributed by atoms with E-state index in [0.717, 1.165) is 42.0 Å². The van der Waals surface area contributed by atoms with Gasteiger partial charge in [-0.25, -0.2) is 9.97 Å². The fourth-order valence-electron chi connectivity index (χ4n) is 2.91. The van der Waals surface area contributed by atoms with Crippen LogP contribution >= 0.6 is 0 Å². The monoisotopic (exact) mass is 340 g/mol. The molecule has 1 amide bonds. The van der Waals surface area contributed by atoms with Crippen LogP contribution in [0.4, 0.5) is 11.6 Å². The standard InChI is InChI=1S/C19H24N4O2/c1-12-6-7-16(13(2)9-12)22-18(24)17-10-14(3)21-19(23-17)20-11-15-5-4-8-25-15/h6-7,9-10,15H,4-5,8,11H2,1-3H3,(H,22,24)(H,20,21,23). The number of benzene rings is 1. The van der Waals surface area contributed by atoms with E-state index < -0.39 is 0 Å². The molecule has 0 aliphatic carbocycles. The van der Waals surface area contributed by atoms with Gasteiger partial charge in [0.25, 0.3) is 5.91 Å². The van der Waals surface area contributed by atoms with Crippen LogP contribution in [0.3, 0.4) is 0 Å². The molecule has 0 bridgehead atoms. The van der Waals surface area contributed by atoms with Gasteiger partial charge < -0.3 is 15.4 Å². The topological polar surface area (TPSA) is 76.1 Å². The molecule has 2 N–H and O–H groups in total. The van der Waals surface area contributed by atoms with Crippen molar-refractivity contribution in [3.63, 3.8) is 0 Å². The smallest absolute Gasteiger partial charge is 0.274 e. The summed E-state index contributed by atoms with van der Waals surface area (Å²) >= 11 is 0. The largest absolute Gasteiger partial charge is 0.376 e.